The van der Waals surface area contributed by atoms with Crippen molar-refractivity contribution in [1.82, 2.24) is 19.7 Å². The van der Waals surface area contributed by atoms with Gasteiger partial charge >= 0.3 is 0 Å². The minimum absolute atomic E-state index is 0. The van der Waals surface area contributed by atoms with Gasteiger partial charge in [-0.3, -0.25) is 19.3 Å². The number of halogens is 2. The Morgan fingerprint density at radius 2 is 2.06 bits per heavy atom. The molecule has 2 aromatic heterocycles. The van der Waals surface area contributed by atoms with E-state index in [1.807, 2.05) is 26.8 Å². The Balaban J connectivity index is 0.00000324. The van der Waals surface area contributed by atoms with Gasteiger partial charge in [-0.2, -0.15) is 5.10 Å². The summed E-state index contributed by atoms with van der Waals surface area (Å²) in [4.78, 5) is 22.7. The lowest BCUT2D eigenvalue weighted by Gasteiger charge is -2.28. The molecule has 1 fully saturated rings. The van der Waals surface area contributed by atoms with Crippen LogP contribution in [-0.4, -0.2) is 72.1 Å². The molecule has 0 saturated carbocycles. The highest BCUT2D eigenvalue weighted by molar-refractivity contribution is 7.23. The van der Waals surface area contributed by atoms with Crippen LogP contribution in [0.4, 0.5) is 5.13 Å². The van der Waals surface area contributed by atoms with E-state index < -0.39 is 0 Å². The van der Waals surface area contributed by atoms with Gasteiger partial charge in [0.1, 0.15) is 17.0 Å². The molecule has 34 heavy (non-hydrogen) atoms. The molecule has 11 heteroatoms. The minimum Gasteiger partial charge on any atom is -0.494 e. The third kappa shape index (κ3) is 5.66. The number of anilines is 1. The number of aryl methyl sites for hydroxylation is 1. The zero-order chi connectivity index (χ0) is 23.5. The van der Waals surface area contributed by atoms with Gasteiger partial charge < -0.3 is 9.47 Å². The van der Waals surface area contributed by atoms with Gasteiger partial charge in [0.25, 0.3) is 5.91 Å². The zero-order valence-corrected chi connectivity index (χ0v) is 22.3. The number of amides is 1. The van der Waals surface area contributed by atoms with Gasteiger partial charge in [-0.05, 0) is 45.4 Å². The topological polar surface area (TPSA) is 72.7 Å². The molecule has 0 atom stereocenters. The van der Waals surface area contributed by atoms with Crippen LogP contribution in [0.2, 0.25) is 5.02 Å². The lowest BCUT2D eigenvalue weighted by atomic mass is 10.2. The van der Waals surface area contributed by atoms with Crippen LogP contribution in [0.15, 0.2) is 18.2 Å². The lowest BCUT2D eigenvalue weighted by molar-refractivity contribution is 0.0376. The second kappa shape index (κ2) is 11.7. The van der Waals surface area contributed by atoms with Crippen molar-refractivity contribution < 1.29 is 14.3 Å². The molecule has 4 rings (SSSR count). The molecule has 1 saturated heterocycles. The predicted octanol–water partition coefficient (Wildman–Crippen LogP) is 4.84. The fraction of sp³-hybridized carbons (Fsp3) is 0.522. The van der Waals surface area contributed by atoms with E-state index in [0.717, 1.165) is 49.7 Å². The van der Waals surface area contributed by atoms with Gasteiger partial charge in [0, 0.05) is 32.2 Å². The number of morpholine rings is 1. The van der Waals surface area contributed by atoms with Crippen molar-refractivity contribution in [2.75, 3.05) is 51.4 Å². The lowest BCUT2D eigenvalue weighted by Crippen LogP contribution is -2.39. The predicted molar refractivity (Wildman–Crippen MR) is 139 cm³/mol. The summed E-state index contributed by atoms with van der Waals surface area (Å²) < 4.78 is 13.5. The van der Waals surface area contributed by atoms with Gasteiger partial charge in [0.2, 0.25) is 0 Å². The zero-order valence-electron chi connectivity index (χ0n) is 19.9. The molecular weight excluding hydrogens is 497 g/mol. The maximum atomic E-state index is 13.8. The number of rotatable bonds is 8. The number of aromatic nitrogens is 3. The highest BCUT2D eigenvalue weighted by Gasteiger charge is 2.27. The number of thiazole rings is 1. The maximum absolute atomic E-state index is 13.8. The van der Waals surface area contributed by atoms with E-state index in [2.05, 4.69) is 10.00 Å². The quantitative estimate of drug-likeness (QED) is 0.417. The molecule has 186 valence electrons. The van der Waals surface area contributed by atoms with Crippen molar-refractivity contribution >= 4 is 56.6 Å². The number of carbonyl (C=O) groups excluding carboxylic acids is 1. The number of hydrogen-bond donors (Lipinski definition) is 0. The molecule has 8 nitrogen and oxygen atoms in total. The van der Waals surface area contributed by atoms with E-state index in [4.69, 9.17) is 26.1 Å². The Bertz CT molecular complexity index is 1130. The van der Waals surface area contributed by atoms with Crippen LogP contribution < -0.4 is 9.64 Å². The standard InChI is InChI=1S/C23H30ClN5O3S.ClH/c1-15(2)29-18(14-16(3)26-29)22(30)28(9-5-8-27-10-12-32-13-11-27)23-25-20-19(31-4)7-6-17(24)21(20)33-23;/h6-7,14-15H,5,8-13H2,1-4H3;1H. The number of nitrogens with zero attached hydrogens (tertiary/aromatic N) is 5. The Labute approximate surface area is 215 Å². The van der Waals surface area contributed by atoms with E-state index in [1.165, 1.54) is 11.3 Å². The summed E-state index contributed by atoms with van der Waals surface area (Å²) in [6.45, 7) is 10.7. The Morgan fingerprint density at radius 3 is 2.74 bits per heavy atom. The number of fused-ring (bicyclic) bond motifs is 1. The van der Waals surface area contributed by atoms with Gasteiger partial charge in [-0.1, -0.05) is 22.9 Å². The van der Waals surface area contributed by atoms with Gasteiger partial charge in [-0.15, -0.1) is 12.4 Å². The minimum atomic E-state index is -0.111. The number of benzene rings is 1. The fourth-order valence-electron chi connectivity index (χ4n) is 3.99. The molecule has 0 radical (unpaired) electrons. The molecule has 0 aliphatic carbocycles. The molecule has 1 amide bonds. The largest absolute Gasteiger partial charge is 0.494 e. The van der Waals surface area contributed by atoms with Crippen LogP contribution >= 0.6 is 35.3 Å². The Hall–Kier alpha value is -1.91. The molecule has 1 aromatic carbocycles. The number of carbonyl (C=O) groups is 1. The maximum Gasteiger partial charge on any atom is 0.278 e. The van der Waals surface area contributed by atoms with E-state index in [9.17, 15) is 4.79 Å². The first kappa shape index (κ1) is 26.7. The Morgan fingerprint density at radius 1 is 1.32 bits per heavy atom. The summed E-state index contributed by atoms with van der Waals surface area (Å²) in [7, 11) is 1.61. The first-order chi connectivity index (χ1) is 15.9. The highest BCUT2D eigenvalue weighted by atomic mass is 35.5. The van der Waals surface area contributed by atoms with Crippen LogP contribution in [0.5, 0.6) is 5.75 Å². The molecule has 0 spiro atoms. The Kier molecular flexibility index (Phi) is 9.17. The fourth-order valence-corrected chi connectivity index (χ4v) is 5.27. The third-order valence-corrected chi connectivity index (χ3v) is 7.21. The summed E-state index contributed by atoms with van der Waals surface area (Å²) >= 11 is 7.87. The van der Waals surface area contributed by atoms with Crippen molar-refractivity contribution in [3.63, 3.8) is 0 Å². The molecular formula is C23H31Cl2N5O3S. The number of methoxy groups -OCH3 is 1. The molecule has 0 bridgehead atoms. The smallest absolute Gasteiger partial charge is 0.278 e. The summed E-state index contributed by atoms with van der Waals surface area (Å²) in [5, 5.41) is 5.74. The second-order valence-electron chi connectivity index (χ2n) is 8.40. The van der Waals surface area contributed by atoms with Crippen molar-refractivity contribution in [2.45, 2.75) is 33.2 Å². The molecule has 0 unspecified atom stereocenters. The number of hydrogen-bond acceptors (Lipinski definition) is 7. The molecule has 0 N–H and O–H groups in total. The van der Waals surface area contributed by atoms with Crippen molar-refractivity contribution in [1.29, 1.82) is 0 Å². The summed E-state index contributed by atoms with van der Waals surface area (Å²) in [6.07, 6.45) is 0.821. The van der Waals surface area contributed by atoms with E-state index in [0.29, 0.717) is 33.7 Å². The highest BCUT2D eigenvalue weighted by Crippen LogP contribution is 2.39. The van der Waals surface area contributed by atoms with Crippen LogP contribution in [0.3, 0.4) is 0 Å². The monoisotopic (exact) mass is 527 g/mol. The van der Waals surface area contributed by atoms with Crippen LogP contribution in [-0.2, 0) is 4.74 Å². The van der Waals surface area contributed by atoms with E-state index in [-0.39, 0.29) is 24.4 Å². The van der Waals surface area contributed by atoms with Crippen molar-refractivity contribution in [3.05, 3.63) is 34.6 Å². The summed E-state index contributed by atoms with van der Waals surface area (Å²) in [5.74, 6) is 0.529. The van der Waals surface area contributed by atoms with Crippen LogP contribution in [0.25, 0.3) is 10.2 Å². The summed E-state index contributed by atoms with van der Waals surface area (Å²) in [5.41, 5.74) is 2.05. The van der Waals surface area contributed by atoms with Crippen LogP contribution in [0, 0.1) is 6.92 Å². The summed E-state index contributed by atoms with van der Waals surface area (Å²) in [6, 6.07) is 5.51. The SMILES string of the molecule is COc1ccc(Cl)c2sc(N(CCCN3CCOCC3)C(=O)c3cc(C)nn3C(C)C)nc12.Cl. The second-order valence-corrected chi connectivity index (χ2v) is 9.78. The molecule has 1 aliphatic rings. The van der Waals surface area contributed by atoms with Crippen LogP contribution in [0.1, 0.15) is 42.5 Å². The normalized spacial score (nSPS) is 14.4. The number of ether oxygens (including phenoxy) is 2. The first-order valence-electron chi connectivity index (χ1n) is 11.2. The molecule has 1 aliphatic heterocycles. The average molecular weight is 529 g/mol. The van der Waals surface area contributed by atoms with Crippen molar-refractivity contribution in [3.8, 4) is 5.75 Å². The van der Waals surface area contributed by atoms with E-state index in [1.54, 1.807) is 28.8 Å². The average Bonchev–Trinajstić information content (AvgIpc) is 3.42. The van der Waals surface area contributed by atoms with Gasteiger partial charge in [-0.25, -0.2) is 4.98 Å². The third-order valence-electron chi connectivity index (χ3n) is 5.67. The van der Waals surface area contributed by atoms with Crippen molar-refractivity contribution in [2.24, 2.45) is 0 Å². The molecule has 3 heterocycles. The van der Waals surface area contributed by atoms with Gasteiger partial charge in [0.05, 0.1) is 35.7 Å². The molecule has 3 aromatic rings. The van der Waals surface area contributed by atoms with Gasteiger partial charge in [0.15, 0.2) is 5.13 Å². The first-order valence-corrected chi connectivity index (χ1v) is 12.4. The van der Waals surface area contributed by atoms with E-state index >= 15 is 0 Å².